The van der Waals surface area contributed by atoms with E-state index in [4.69, 9.17) is 9.15 Å². The van der Waals surface area contributed by atoms with Crippen LogP contribution in [-0.4, -0.2) is 49.0 Å². The summed E-state index contributed by atoms with van der Waals surface area (Å²) in [6, 6.07) is 5.76. The average Bonchev–Trinajstić information content (AvgIpc) is 3.08. The number of nitrogens with one attached hydrogen (secondary N) is 1. The Balaban J connectivity index is 1.70. The van der Waals surface area contributed by atoms with Crippen molar-refractivity contribution in [1.82, 2.24) is 14.5 Å². The van der Waals surface area contributed by atoms with Gasteiger partial charge in [0.25, 0.3) is 5.91 Å². The zero-order valence-electron chi connectivity index (χ0n) is 16.1. The minimum atomic E-state index is -3.59. The van der Waals surface area contributed by atoms with Crippen LogP contribution in [0.5, 0.6) is 0 Å². The van der Waals surface area contributed by atoms with E-state index in [0.29, 0.717) is 24.9 Å². The molecule has 0 aliphatic carbocycles. The zero-order valence-corrected chi connectivity index (χ0v) is 16.9. The van der Waals surface area contributed by atoms with Gasteiger partial charge in [-0.05, 0) is 42.5 Å². The Morgan fingerprint density at radius 1 is 1.21 bits per heavy atom. The molecule has 0 bridgehead atoms. The molecule has 10 heteroatoms. The second-order valence-corrected chi connectivity index (χ2v) is 9.12. The van der Waals surface area contributed by atoms with E-state index in [0.717, 1.165) is 6.42 Å². The summed E-state index contributed by atoms with van der Waals surface area (Å²) in [5, 5.41) is 9.90. The predicted molar refractivity (Wildman–Crippen MR) is 101 cm³/mol. The number of hydrogen-bond donors (Lipinski definition) is 1. The molecule has 1 aromatic heterocycles. The van der Waals surface area contributed by atoms with Gasteiger partial charge in [-0.1, -0.05) is 18.9 Å². The van der Waals surface area contributed by atoms with Crippen molar-refractivity contribution in [2.75, 3.05) is 25.5 Å². The summed E-state index contributed by atoms with van der Waals surface area (Å²) in [5.74, 6) is 0.406. The van der Waals surface area contributed by atoms with Crippen molar-refractivity contribution in [2.24, 2.45) is 11.8 Å². The highest BCUT2D eigenvalue weighted by Crippen LogP contribution is 2.26. The van der Waals surface area contributed by atoms with E-state index in [2.05, 4.69) is 29.4 Å². The Morgan fingerprint density at radius 3 is 2.46 bits per heavy atom. The summed E-state index contributed by atoms with van der Waals surface area (Å²) < 4.78 is 37.4. The van der Waals surface area contributed by atoms with Gasteiger partial charge in [-0.25, -0.2) is 8.42 Å². The number of hydrogen-bond acceptors (Lipinski definition) is 7. The maximum absolute atomic E-state index is 12.9. The van der Waals surface area contributed by atoms with Crippen molar-refractivity contribution in [3.05, 3.63) is 35.7 Å². The normalized spacial score (nSPS) is 20.8. The molecule has 1 amide bonds. The lowest BCUT2D eigenvalue weighted by Gasteiger charge is -2.34. The molecule has 2 heterocycles. The predicted octanol–water partition coefficient (Wildman–Crippen LogP) is 2.13. The van der Waals surface area contributed by atoms with Crippen LogP contribution in [0.1, 0.15) is 36.5 Å². The molecule has 1 aliphatic rings. The number of sulfonamides is 1. The third-order valence-electron chi connectivity index (χ3n) is 4.54. The highest BCUT2D eigenvalue weighted by atomic mass is 32.2. The number of carbonyl (C=O) groups is 1. The van der Waals surface area contributed by atoms with Crippen LogP contribution in [0.15, 0.2) is 33.6 Å². The SMILES string of the molecule is COCc1nnc(NC(=O)c2ccc(S(=O)(=O)N3CC(C)CC(C)C3)cc2)o1. The monoisotopic (exact) mass is 408 g/mol. The molecule has 1 aliphatic heterocycles. The van der Waals surface area contributed by atoms with Crippen molar-refractivity contribution >= 4 is 21.9 Å². The summed E-state index contributed by atoms with van der Waals surface area (Å²) in [5.41, 5.74) is 0.283. The average molecular weight is 408 g/mol. The van der Waals surface area contributed by atoms with Crippen LogP contribution in [0.2, 0.25) is 0 Å². The van der Waals surface area contributed by atoms with E-state index >= 15 is 0 Å². The number of rotatable bonds is 6. The van der Waals surface area contributed by atoms with Gasteiger partial charge >= 0.3 is 6.01 Å². The molecular weight excluding hydrogens is 384 g/mol. The largest absolute Gasteiger partial charge is 0.405 e. The number of anilines is 1. The fraction of sp³-hybridized carbons (Fsp3) is 0.500. The Labute approximate surface area is 164 Å². The maximum atomic E-state index is 12.9. The molecule has 1 saturated heterocycles. The van der Waals surface area contributed by atoms with Crippen LogP contribution in [0.25, 0.3) is 0 Å². The fourth-order valence-corrected chi connectivity index (χ4v) is 5.06. The number of carbonyl (C=O) groups excluding carboxylic acids is 1. The second-order valence-electron chi connectivity index (χ2n) is 7.18. The van der Waals surface area contributed by atoms with Gasteiger partial charge in [0.1, 0.15) is 6.61 Å². The standard InChI is InChI=1S/C18H24N4O5S/c1-12-8-13(2)10-22(9-12)28(24,25)15-6-4-14(5-7-15)17(23)19-18-21-20-16(27-18)11-26-3/h4-7,12-13H,8-11H2,1-3H3,(H,19,21,23). The van der Waals surface area contributed by atoms with Gasteiger partial charge in [0.05, 0.1) is 4.90 Å². The van der Waals surface area contributed by atoms with Crippen LogP contribution in [0, 0.1) is 11.8 Å². The summed E-state index contributed by atoms with van der Waals surface area (Å²) in [7, 11) is -2.10. The van der Waals surface area contributed by atoms with Crippen molar-refractivity contribution in [1.29, 1.82) is 0 Å². The minimum absolute atomic E-state index is 0.0509. The number of nitrogens with zero attached hydrogens (tertiary/aromatic N) is 3. The first kappa shape index (κ1) is 20.4. The molecule has 3 rings (SSSR count). The van der Waals surface area contributed by atoms with Crippen molar-refractivity contribution in [2.45, 2.75) is 31.8 Å². The highest BCUT2D eigenvalue weighted by Gasteiger charge is 2.31. The van der Waals surface area contributed by atoms with Crippen LogP contribution in [0.3, 0.4) is 0 Å². The van der Waals surface area contributed by atoms with Crippen LogP contribution < -0.4 is 5.32 Å². The number of ether oxygens (including phenoxy) is 1. The molecule has 2 unspecified atom stereocenters. The molecule has 1 aromatic carbocycles. The number of amides is 1. The lowest BCUT2D eigenvalue weighted by atomic mass is 9.94. The minimum Gasteiger partial charge on any atom is -0.405 e. The van der Waals surface area contributed by atoms with E-state index in [1.54, 1.807) is 0 Å². The number of piperidine rings is 1. The van der Waals surface area contributed by atoms with Crippen LogP contribution in [0.4, 0.5) is 6.01 Å². The van der Waals surface area contributed by atoms with Gasteiger partial charge < -0.3 is 9.15 Å². The summed E-state index contributed by atoms with van der Waals surface area (Å²) in [4.78, 5) is 12.5. The topological polar surface area (TPSA) is 115 Å². The first-order valence-corrected chi connectivity index (χ1v) is 10.5. The van der Waals surface area contributed by atoms with E-state index < -0.39 is 15.9 Å². The smallest absolute Gasteiger partial charge is 0.322 e. The van der Waals surface area contributed by atoms with Crippen molar-refractivity contribution in [3.8, 4) is 0 Å². The Kier molecular flexibility index (Phi) is 6.11. The maximum Gasteiger partial charge on any atom is 0.322 e. The molecule has 152 valence electrons. The highest BCUT2D eigenvalue weighted by molar-refractivity contribution is 7.89. The fourth-order valence-electron chi connectivity index (χ4n) is 3.38. The Morgan fingerprint density at radius 2 is 1.86 bits per heavy atom. The molecule has 2 aromatic rings. The van der Waals surface area contributed by atoms with Crippen molar-refractivity contribution < 1.29 is 22.4 Å². The first-order valence-electron chi connectivity index (χ1n) is 9.02. The van der Waals surface area contributed by atoms with Gasteiger partial charge in [0, 0.05) is 25.8 Å². The first-order chi connectivity index (χ1) is 13.3. The third kappa shape index (κ3) is 4.57. The number of methoxy groups -OCH3 is 1. The Hall–Kier alpha value is -2.30. The molecule has 0 spiro atoms. The molecular formula is C18H24N4O5S. The lowest BCUT2D eigenvalue weighted by Crippen LogP contribution is -2.42. The van der Waals surface area contributed by atoms with Gasteiger partial charge in [0.15, 0.2) is 0 Å². The summed E-state index contributed by atoms with van der Waals surface area (Å²) in [6.45, 7) is 5.28. The van der Waals surface area contributed by atoms with E-state index in [9.17, 15) is 13.2 Å². The Bertz CT molecular complexity index is 916. The number of aromatic nitrogens is 2. The summed E-state index contributed by atoms with van der Waals surface area (Å²) in [6.07, 6.45) is 1.02. The van der Waals surface area contributed by atoms with E-state index in [1.165, 1.54) is 35.7 Å². The number of benzene rings is 1. The molecule has 28 heavy (non-hydrogen) atoms. The van der Waals surface area contributed by atoms with E-state index in [1.807, 2.05) is 0 Å². The quantitative estimate of drug-likeness (QED) is 0.778. The van der Waals surface area contributed by atoms with Gasteiger partial charge in [-0.3, -0.25) is 10.1 Å². The third-order valence-corrected chi connectivity index (χ3v) is 6.39. The van der Waals surface area contributed by atoms with Crippen molar-refractivity contribution in [3.63, 3.8) is 0 Å². The molecule has 2 atom stereocenters. The summed E-state index contributed by atoms with van der Waals surface area (Å²) >= 11 is 0. The lowest BCUT2D eigenvalue weighted by molar-refractivity contribution is 0.102. The second kappa shape index (κ2) is 8.38. The molecule has 0 saturated carbocycles. The van der Waals surface area contributed by atoms with Crippen LogP contribution in [-0.2, 0) is 21.4 Å². The van der Waals surface area contributed by atoms with Gasteiger partial charge in [0.2, 0.25) is 15.9 Å². The zero-order chi connectivity index (χ0) is 20.3. The molecule has 0 radical (unpaired) electrons. The van der Waals surface area contributed by atoms with E-state index in [-0.39, 0.29) is 29.0 Å². The molecule has 1 N–H and O–H groups in total. The molecule has 1 fully saturated rings. The molecule has 9 nitrogen and oxygen atoms in total. The van der Waals surface area contributed by atoms with Gasteiger partial charge in [-0.15, -0.1) is 5.10 Å². The van der Waals surface area contributed by atoms with Crippen LogP contribution >= 0.6 is 0 Å². The van der Waals surface area contributed by atoms with Gasteiger partial charge in [-0.2, -0.15) is 4.31 Å².